The molecule has 12 heteroatoms. The topological polar surface area (TPSA) is 102 Å². The lowest BCUT2D eigenvalue weighted by atomic mass is 9.84. The third-order valence-electron chi connectivity index (χ3n) is 7.40. The molecule has 3 atom stereocenters. The molecule has 1 aromatic heterocycles. The smallest absolute Gasteiger partial charge is 0.274 e. The van der Waals surface area contributed by atoms with E-state index in [1.807, 2.05) is 13.8 Å². The minimum absolute atomic E-state index is 0.00259. The number of carbonyl (C=O) groups is 2. The first-order chi connectivity index (χ1) is 17.6. The van der Waals surface area contributed by atoms with Gasteiger partial charge in [0.1, 0.15) is 23.0 Å². The first kappa shape index (κ1) is 24.8. The number of pyridine rings is 1. The van der Waals surface area contributed by atoms with Gasteiger partial charge in [-0.05, 0) is 26.7 Å². The summed E-state index contributed by atoms with van der Waals surface area (Å²) in [6.07, 6.45) is 3.00. The molecule has 0 aliphatic carbocycles. The average Bonchev–Trinajstić information content (AvgIpc) is 3.17. The predicted molar refractivity (Wildman–Crippen MR) is 125 cm³/mol. The summed E-state index contributed by atoms with van der Waals surface area (Å²) in [6.45, 7) is 3.41. The van der Waals surface area contributed by atoms with Crippen molar-refractivity contribution in [3.05, 3.63) is 62.8 Å². The van der Waals surface area contributed by atoms with Gasteiger partial charge in [0.05, 0.1) is 18.9 Å². The predicted octanol–water partition coefficient (Wildman–Crippen LogP) is 2.92. The number of oxime groups is 1. The lowest BCUT2D eigenvalue weighted by molar-refractivity contribution is -0.0655. The number of amides is 2. The second-order valence-corrected chi connectivity index (χ2v) is 9.71. The third kappa shape index (κ3) is 3.94. The van der Waals surface area contributed by atoms with Gasteiger partial charge in [-0.15, -0.1) is 0 Å². The monoisotopic (exact) mass is 518 g/mol. The molecule has 2 aromatic rings. The Labute approximate surface area is 209 Å². The number of hydrogen-bond donors (Lipinski definition) is 1. The van der Waals surface area contributed by atoms with Crippen molar-refractivity contribution < 1.29 is 32.3 Å². The van der Waals surface area contributed by atoms with Crippen molar-refractivity contribution in [2.75, 3.05) is 13.7 Å². The van der Waals surface area contributed by atoms with Crippen molar-refractivity contribution in [3.8, 4) is 5.75 Å². The van der Waals surface area contributed by atoms with Crippen molar-refractivity contribution in [2.45, 2.75) is 57.3 Å². The van der Waals surface area contributed by atoms with Gasteiger partial charge in [-0.25, -0.2) is 13.2 Å². The highest BCUT2D eigenvalue weighted by Gasteiger charge is 2.53. The summed E-state index contributed by atoms with van der Waals surface area (Å²) in [7, 11) is 1.22. The number of aromatic nitrogens is 1. The van der Waals surface area contributed by atoms with Crippen LogP contribution in [0.3, 0.4) is 0 Å². The highest BCUT2D eigenvalue weighted by Crippen LogP contribution is 2.46. The number of nitrogens with zero attached hydrogens (tertiary/aromatic N) is 3. The second-order valence-electron chi connectivity index (χ2n) is 9.71. The first-order valence-corrected chi connectivity index (χ1v) is 11.8. The van der Waals surface area contributed by atoms with Crippen LogP contribution in [0.15, 0.2) is 28.3 Å². The number of carbonyl (C=O) groups excluding carboxylic acids is 2. The van der Waals surface area contributed by atoms with E-state index in [9.17, 15) is 27.6 Å². The minimum Gasteiger partial charge on any atom is -0.491 e. The highest BCUT2D eigenvalue weighted by molar-refractivity contribution is 5.99. The Morgan fingerprint density at radius 3 is 2.59 bits per heavy atom. The summed E-state index contributed by atoms with van der Waals surface area (Å²) in [5.41, 5.74) is -1.80. The maximum absolute atomic E-state index is 14.1. The van der Waals surface area contributed by atoms with Crippen LogP contribution in [0.25, 0.3) is 0 Å². The Morgan fingerprint density at radius 2 is 1.97 bits per heavy atom. The van der Waals surface area contributed by atoms with Crippen LogP contribution in [0.1, 0.15) is 65.6 Å². The Kier molecular flexibility index (Phi) is 5.99. The molecule has 3 aliphatic heterocycles. The molecule has 9 nitrogen and oxygen atoms in total. The zero-order valence-corrected chi connectivity index (χ0v) is 20.4. The largest absolute Gasteiger partial charge is 0.491 e. The number of benzene rings is 1. The number of fused-ring (bicyclic) bond motifs is 5. The SMILES string of the molecule is COc1c2n(cc(C(=O)NCc3c(F)cc(F)cc3F)c1=O)[C@@H]1CN(C2=O)[C@@H](C)CC[C@]12CC(C)=NO2. The van der Waals surface area contributed by atoms with E-state index in [0.717, 1.165) is 5.71 Å². The van der Waals surface area contributed by atoms with E-state index >= 15 is 0 Å². The number of halogens is 3. The molecule has 2 bridgehead atoms. The molecule has 1 spiro atoms. The number of nitrogens with one attached hydrogen (secondary N) is 1. The lowest BCUT2D eigenvalue weighted by Gasteiger charge is -2.42. The number of methoxy groups -OCH3 is 1. The van der Waals surface area contributed by atoms with Gasteiger partial charge in [-0.1, -0.05) is 5.16 Å². The van der Waals surface area contributed by atoms with Crippen molar-refractivity contribution in [1.29, 1.82) is 0 Å². The van der Waals surface area contributed by atoms with E-state index in [0.29, 0.717) is 31.4 Å². The average molecular weight is 518 g/mol. The lowest BCUT2D eigenvalue weighted by Crippen LogP contribution is -2.52. The van der Waals surface area contributed by atoms with Crippen molar-refractivity contribution in [1.82, 2.24) is 14.8 Å². The molecule has 0 saturated carbocycles. The molecule has 0 radical (unpaired) electrons. The molecule has 5 rings (SSSR count). The minimum atomic E-state index is -1.17. The normalized spacial score (nSPS) is 24.3. The standard InChI is InChI=1S/C25H25F3N4O5/c1-12-8-25(37-30-12)5-4-13(2)31-11-19(25)32-10-16(21(33)22(36-3)20(32)24(31)35)23(34)29-9-15-17(27)6-14(26)7-18(15)28/h6-7,10,13,19H,4-5,8-9,11H2,1-3H3,(H,29,34)/t13-,19+,25-/m0/s1. The number of ether oxygens (including phenoxy) is 1. The zero-order valence-electron chi connectivity index (χ0n) is 20.4. The molecule has 0 unspecified atom stereocenters. The van der Waals surface area contributed by atoms with Gasteiger partial charge in [0.2, 0.25) is 5.43 Å². The van der Waals surface area contributed by atoms with Crippen LogP contribution in [0, 0.1) is 17.5 Å². The summed E-state index contributed by atoms with van der Waals surface area (Å²) in [6, 6.07) is 0.378. The molecule has 1 N–H and O–H groups in total. The van der Waals surface area contributed by atoms with Crippen LogP contribution in [0.5, 0.6) is 5.75 Å². The number of hydrogen-bond acceptors (Lipinski definition) is 6. The Bertz CT molecular complexity index is 1380. The van der Waals surface area contributed by atoms with E-state index in [4.69, 9.17) is 9.57 Å². The van der Waals surface area contributed by atoms with Crippen LogP contribution in [-0.4, -0.2) is 52.3 Å². The van der Waals surface area contributed by atoms with Crippen LogP contribution < -0.4 is 15.5 Å². The molecule has 37 heavy (non-hydrogen) atoms. The van der Waals surface area contributed by atoms with Gasteiger partial charge in [-0.3, -0.25) is 14.4 Å². The molecular formula is C25H25F3N4O5. The van der Waals surface area contributed by atoms with Crippen LogP contribution in [0.4, 0.5) is 13.2 Å². The van der Waals surface area contributed by atoms with Crippen molar-refractivity contribution >= 4 is 17.5 Å². The summed E-state index contributed by atoms with van der Waals surface area (Å²) in [5, 5.41) is 6.46. The van der Waals surface area contributed by atoms with Gasteiger partial charge in [0.15, 0.2) is 17.0 Å². The van der Waals surface area contributed by atoms with Crippen molar-refractivity contribution in [2.24, 2.45) is 5.16 Å². The van der Waals surface area contributed by atoms with Gasteiger partial charge in [0.25, 0.3) is 11.8 Å². The van der Waals surface area contributed by atoms with Gasteiger partial charge in [-0.2, -0.15) is 0 Å². The van der Waals surface area contributed by atoms with Gasteiger partial charge < -0.3 is 24.4 Å². The Morgan fingerprint density at radius 1 is 1.27 bits per heavy atom. The van der Waals surface area contributed by atoms with E-state index in [2.05, 4.69) is 10.5 Å². The van der Waals surface area contributed by atoms with E-state index < -0.39 is 58.4 Å². The highest BCUT2D eigenvalue weighted by atomic mass is 19.1. The molecule has 1 saturated heterocycles. The van der Waals surface area contributed by atoms with Gasteiger partial charge in [0, 0.05) is 49.4 Å². The fraction of sp³-hybridized carbons (Fsp3) is 0.440. The van der Waals surface area contributed by atoms with Crippen LogP contribution in [0.2, 0.25) is 0 Å². The van der Waals surface area contributed by atoms with Crippen molar-refractivity contribution in [3.63, 3.8) is 0 Å². The fourth-order valence-electron chi connectivity index (χ4n) is 5.47. The van der Waals surface area contributed by atoms with E-state index in [1.165, 1.54) is 13.3 Å². The Hall–Kier alpha value is -3.83. The summed E-state index contributed by atoms with van der Waals surface area (Å²) in [5.74, 6) is -5.11. The molecule has 1 aromatic carbocycles. The first-order valence-electron chi connectivity index (χ1n) is 11.8. The maximum atomic E-state index is 14.1. The quantitative estimate of drug-likeness (QED) is 0.671. The maximum Gasteiger partial charge on any atom is 0.274 e. The molecule has 1 fully saturated rings. The molecular weight excluding hydrogens is 493 g/mol. The second kappa shape index (κ2) is 8.93. The van der Waals surface area contributed by atoms with E-state index in [-0.39, 0.29) is 29.6 Å². The van der Waals surface area contributed by atoms with Crippen LogP contribution in [-0.2, 0) is 11.4 Å². The molecule has 3 aliphatic rings. The molecule has 2 amide bonds. The van der Waals surface area contributed by atoms with E-state index in [1.54, 1.807) is 9.47 Å². The Balaban J connectivity index is 1.58. The molecule has 196 valence electrons. The van der Waals surface area contributed by atoms with Gasteiger partial charge >= 0.3 is 0 Å². The fourth-order valence-corrected chi connectivity index (χ4v) is 5.47. The summed E-state index contributed by atoms with van der Waals surface area (Å²) >= 11 is 0. The van der Waals surface area contributed by atoms with Crippen LogP contribution >= 0.6 is 0 Å². The molecule has 4 heterocycles. The third-order valence-corrected chi connectivity index (χ3v) is 7.40. The number of rotatable bonds is 4. The zero-order chi connectivity index (χ0) is 26.6. The summed E-state index contributed by atoms with van der Waals surface area (Å²) in [4.78, 5) is 47.5. The summed E-state index contributed by atoms with van der Waals surface area (Å²) < 4.78 is 48.2.